The number of rotatable bonds is 9. The van der Waals surface area contributed by atoms with E-state index in [1.807, 2.05) is 30.3 Å². The highest BCUT2D eigenvalue weighted by molar-refractivity contribution is 7.89. The van der Waals surface area contributed by atoms with E-state index in [4.69, 9.17) is 39.5 Å². The van der Waals surface area contributed by atoms with Crippen LogP contribution < -0.4 is 14.8 Å². The Kier molecular flexibility index (Phi) is 8.39. The minimum absolute atomic E-state index is 0.00684. The second kappa shape index (κ2) is 11.0. The lowest BCUT2D eigenvalue weighted by Crippen LogP contribution is -2.28. The molecule has 0 fully saturated rings. The minimum Gasteiger partial charge on any atom is -0.482 e. The second-order valence-corrected chi connectivity index (χ2v) is 9.72. The smallest absolute Gasteiger partial charge is 0.258 e. The molecule has 0 saturated carbocycles. The third-order valence-corrected chi connectivity index (χ3v) is 6.65. The van der Waals surface area contributed by atoms with E-state index in [1.165, 1.54) is 18.2 Å². The van der Waals surface area contributed by atoms with Gasteiger partial charge in [-0.15, -0.1) is 0 Å². The maximum atomic E-state index is 12.5. The van der Waals surface area contributed by atoms with Crippen molar-refractivity contribution in [2.75, 3.05) is 6.61 Å². The van der Waals surface area contributed by atoms with Gasteiger partial charge in [0, 0.05) is 23.1 Å². The highest BCUT2D eigenvalue weighted by Crippen LogP contribution is 2.27. The molecule has 0 aliphatic rings. The summed E-state index contributed by atoms with van der Waals surface area (Å²) in [7, 11) is -3.77. The molecule has 0 saturated heterocycles. The third kappa shape index (κ3) is 6.85. The molecule has 168 valence electrons. The molecule has 1 amide bonds. The Hall–Kier alpha value is -2.29. The molecule has 6 nitrogen and oxygen atoms in total. The zero-order valence-electron chi connectivity index (χ0n) is 16.6. The maximum absolute atomic E-state index is 12.5. The Bertz CT molecular complexity index is 1210. The molecule has 3 rings (SSSR count). The monoisotopic (exact) mass is 512 g/mol. The molecular weight excluding hydrogens is 495 g/mol. The highest BCUT2D eigenvalue weighted by atomic mass is 35.5. The molecule has 0 bridgehead atoms. The van der Waals surface area contributed by atoms with Crippen molar-refractivity contribution in [2.24, 2.45) is 0 Å². The van der Waals surface area contributed by atoms with Crippen LogP contribution in [0.1, 0.15) is 11.1 Å². The molecule has 0 heterocycles. The zero-order valence-corrected chi connectivity index (χ0v) is 19.7. The van der Waals surface area contributed by atoms with Gasteiger partial charge in [-0.1, -0.05) is 71.2 Å². The Labute approximate surface area is 201 Å². The molecule has 10 heteroatoms. The molecule has 0 aromatic heterocycles. The van der Waals surface area contributed by atoms with Gasteiger partial charge in [0.1, 0.15) is 5.75 Å². The average molecular weight is 514 g/mol. The fraction of sp³-hybridized carbons (Fsp3) is 0.136. The summed E-state index contributed by atoms with van der Waals surface area (Å²) in [6.45, 7) is 0.0519. The quantitative estimate of drug-likeness (QED) is 0.430. The van der Waals surface area contributed by atoms with Crippen LogP contribution >= 0.6 is 34.8 Å². The number of hydrogen-bond acceptors (Lipinski definition) is 4. The molecular formula is C22H19Cl3N2O4S. The van der Waals surface area contributed by atoms with E-state index in [-0.39, 0.29) is 35.4 Å². The SMILES string of the molecule is O=C(COc1ccc(S(=O)(=O)NCc2ccccc2)cc1Cl)NCc1ccc(Cl)cc1Cl. The van der Waals surface area contributed by atoms with Gasteiger partial charge < -0.3 is 10.1 Å². The number of hydrogen-bond donors (Lipinski definition) is 2. The van der Waals surface area contributed by atoms with Crippen LogP contribution in [0.25, 0.3) is 0 Å². The van der Waals surface area contributed by atoms with Gasteiger partial charge in [-0.3, -0.25) is 4.79 Å². The summed E-state index contributed by atoms with van der Waals surface area (Å²) >= 11 is 18.1. The molecule has 3 aromatic carbocycles. The molecule has 0 radical (unpaired) electrons. The molecule has 32 heavy (non-hydrogen) atoms. The number of carbonyl (C=O) groups excluding carboxylic acids is 1. The van der Waals surface area contributed by atoms with E-state index in [9.17, 15) is 13.2 Å². The molecule has 0 aliphatic carbocycles. The molecule has 2 N–H and O–H groups in total. The first kappa shape index (κ1) is 24.4. The maximum Gasteiger partial charge on any atom is 0.258 e. The van der Waals surface area contributed by atoms with Crippen molar-refractivity contribution in [2.45, 2.75) is 18.0 Å². The number of carbonyl (C=O) groups is 1. The summed E-state index contributed by atoms with van der Waals surface area (Å²) in [4.78, 5) is 12.1. The number of benzene rings is 3. The number of amides is 1. The van der Waals surface area contributed by atoms with Crippen LogP contribution in [0.2, 0.25) is 15.1 Å². The first-order chi connectivity index (χ1) is 15.2. The molecule has 3 aromatic rings. The summed E-state index contributed by atoms with van der Waals surface area (Å²) in [5.74, 6) is -0.207. The van der Waals surface area contributed by atoms with Crippen molar-refractivity contribution >= 4 is 50.7 Å². The normalized spacial score (nSPS) is 11.2. The van der Waals surface area contributed by atoms with Crippen LogP contribution in [0.4, 0.5) is 0 Å². The first-order valence-corrected chi connectivity index (χ1v) is 12.0. The fourth-order valence-corrected chi connectivity index (χ4v) is 4.50. The van der Waals surface area contributed by atoms with Gasteiger partial charge in [-0.2, -0.15) is 0 Å². The van der Waals surface area contributed by atoms with Crippen LogP contribution in [0, 0.1) is 0 Å². The third-order valence-electron chi connectivity index (χ3n) is 4.37. The lowest BCUT2D eigenvalue weighted by Gasteiger charge is -2.11. The van der Waals surface area contributed by atoms with E-state index < -0.39 is 15.9 Å². The van der Waals surface area contributed by atoms with Crippen molar-refractivity contribution in [3.63, 3.8) is 0 Å². The molecule has 0 spiro atoms. The Morgan fingerprint density at radius 2 is 1.62 bits per heavy atom. The van der Waals surface area contributed by atoms with Gasteiger partial charge in [0.05, 0.1) is 9.92 Å². The summed E-state index contributed by atoms with van der Waals surface area (Å²) in [6, 6.07) is 18.2. The fourth-order valence-electron chi connectivity index (χ4n) is 2.68. The van der Waals surface area contributed by atoms with Gasteiger partial charge in [-0.25, -0.2) is 13.1 Å². The van der Waals surface area contributed by atoms with Crippen molar-refractivity contribution in [3.05, 3.63) is 92.9 Å². The van der Waals surface area contributed by atoms with Gasteiger partial charge in [0.2, 0.25) is 10.0 Å². The summed E-state index contributed by atoms with van der Waals surface area (Å²) in [5, 5.41) is 3.69. The number of ether oxygens (including phenoxy) is 1. The van der Waals surface area contributed by atoms with E-state index in [2.05, 4.69) is 10.0 Å². The average Bonchev–Trinajstić information content (AvgIpc) is 2.77. The lowest BCUT2D eigenvalue weighted by molar-refractivity contribution is -0.123. The van der Waals surface area contributed by atoms with Gasteiger partial charge in [-0.05, 0) is 41.5 Å². The summed E-state index contributed by atoms with van der Waals surface area (Å²) < 4.78 is 33.0. The Morgan fingerprint density at radius 1 is 0.875 bits per heavy atom. The summed E-state index contributed by atoms with van der Waals surface area (Å²) in [6.07, 6.45) is 0. The van der Waals surface area contributed by atoms with E-state index in [0.29, 0.717) is 15.6 Å². The van der Waals surface area contributed by atoms with Crippen LogP contribution in [0.5, 0.6) is 5.75 Å². The molecule has 0 atom stereocenters. The van der Waals surface area contributed by atoms with Crippen LogP contribution in [0.3, 0.4) is 0 Å². The predicted molar refractivity (Wildman–Crippen MR) is 126 cm³/mol. The van der Waals surface area contributed by atoms with Gasteiger partial charge in [0.25, 0.3) is 5.91 Å². The minimum atomic E-state index is -3.77. The van der Waals surface area contributed by atoms with Crippen molar-refractivity contribution in [1.29, 1.82) is 0 Å². The van der Waals surface area contributed by atoms with Crippen molar-refractivity contribution in [1.82, 2.24) is 10.0 Å². The van der Waals surface area contributed by atoms with E-state index >= 15 is 0 Å². The molecule has 0 aliphatic heterocycles. The van der Waals surface area contributed by atoms with Crippen LogP contribution in [-0.4, -0.2) is 20.9 Å². The number of halogens is 3. The highest BCUT2D eigenvalue weighted by Gasteiger charge is 2.16. The van der Waals surface area contributed by atoms with Crippen molar-refractivity contribution < 1.29 is 17.9 Å². The van der Waals surface area contributed by atoms with Crippen LogP contribution in [0.15, 0.2) is 71.6 Å². The standard InChI is InChI=1S/C22H19Cl3N2O4S/c23-17-7-6-16(19(24)10-17)13-26-22(28)14-31-21-9-8-18(11-20(21)25)32(29,30)27-12-15-4-2-1-3-5-15/h1-11,27H,12-14H2,(H,26,28). The first-order valence-electron chi connectivity index (χ1n) is 9.41. The Balaban J connectivity index is 1.54. The lowest BCUT2D eigenvalue weighted by atomic mass is 10.2. The van der Waals surface area contributed by atoms with Gasteiger partial charge in [0.15, 0.2) is 6.61 Å². The summed E-state index contributed by atoms with van der Waals surface area (Å²) in [5.41, 5.74) is 1.54. The van der Waals surface area contributed by atoms with Crippen molar-refractivity contribution in [3.8, 4) is 5.75 Å². The number of nitrogens with one attached hydrogen (secondary N) is 2. The number of sulfonamides is 1. The molecule has 0 unspecified atom stereocenters. The van der Waals surface area contributed by atoms with E-state index in [0.717, 1.165) is 5.56 Å². The van der Waals surface area contributed by atoms with Gasteiger partial charge >= 0.3 is 0 Å². The largest absolute Gasteiger partial charge is 0.482 e. The predicted octanol–water partition coefficient (Wildman–Crippen LogP) is 4.82. The van der Waals surface area contributed by atoms with E-state index in [1.54, 1.807) is 18.2 Å². The van der Waals surface area contributed by atoms with Crippen LogP contribution in [-0.2, 0) is 27.9 Å². The Morgan fingerprint density at radius 3 is 2.31 bits per heavy atom. The second-order valence-electron chi connectivity index (χ2n) is 6.70. The zero-order chi connectivity index (χ0) is 23.1. The topological polar surface area (TPSA) is 84.5 Å².